The van der Waals surface area contributed by atoms with E-state index in [1.165, 1.54) is 0 Å². The van der Waals surface area contributed by atoms with Crippen LogP contribution < -0.4 is 0 Å². The third-order valence-corrected chi connectivity index (χ3v) is 5.08. The van der Waals surface area contributed by atoms with Gasteiger partial charge in [0.25, 0.3) is 0 Å². The number of hydrogen-bond acceptors (Lipinski definition) is 6. The van der Waals surface area contributed by atoms with Crippen LogP contribution in [0.5, 0.6) is 0 Å². The number of hydrogen-bond donors (Lipinski definition) is 0. The average molecular weight is 376 g/mol. The molecule has 0 spiro atoms. The molecule has 1 fully saturated rings. The van der Waals surface area contributed by atoms with Crippen LogP contribution >= 0.6 is 0 Å². The minimum atomic E-state index is 0.153. The maximum atomic E-state index is 5.78. The summed E-state index contributed by atoms with van der Waals surface area (Å²) in [7, 11) is 0. The van der Waals surface area contributed by atoms with Crippen LogP contribution in [0.1, 0.15) is 17.5 Å². The normalized spacial score (nSPS) is 19.3. The Bertz CT molecular complexity index is 1070. The van der Waals surface area contributed by atoms with Gasteiger partial charge in [0, 0.05) is 36.4 Å². The lowest BCUT2D eigenvalue weighted by Gasteiger charge is -2.19. The van der Waals surface area contributed by atoms with Crippen molar-refractivity contribution in [3.05, 3.63) is 66.5 Å². The molecule has 0 saturated carbocycles. The minimum Gasteiger partial charge on any atom is -0.444 e. The molecule has 0 amide bonds. The fourth-order valence-corrected chi connectivity index (χ4v) is 3.73. The Morgan fingerprint density at radius 3 is 2.89 bits per heavy atom. The van der Waals surface area contributed by atoms with E-state index in [4.69, 9.17) is 13.7 Å². The summed E-state index contributed by atoms with van der Waals surface area (Å²) in [5.41, 5.74) is 2.55. The second kappa shape index (κ2) is 7.09. The molecular weight excluding hydrogens is 356 g/mol. The number of aromatic nitrogens is 4. The summed E-state index contributed by atoms with van der Waals surface area (Å²) in [6.45, 7) is 3.24. The molecule has 3 aromatic heterocycles. The molecule has 1 aromatic carbocycles. The van der Waals surface area contributed by atoms with Gasteiger partial charge >= 0.3 is 0 Å². The maximum absolute atomic E-state index is 5.78. The maximum Gasteiger partial charge on any atom is 0.226 e. The highest BCUT2D eigenvalue weighted by atomic mass is 16.5. The van der Waals surface area contributed by atoms with Crippen LogP contribution in [0.15, 0.2) is 64.0 Å². The minimum absolute atomic E-state index is 0.153. The Morgan fingerprint density at radius 1 is 1.18 bits per heavy atom. The zero-order valence-corrected chi connectivity index (χ0v) is 15.5. The number of benzene rings is 1. The van der Waals surface area contributed by atoms with Gasteiger partial charge in [-0.3, -0.25) is 0 Å². The molecule has 0 aliphatic carbocycles. The molecule has 0 bridgehead atoms. The highest BCUT2D eigenvalue weighted by molar-refractivity contribution is 5.58. The van der Waals surface area contributed by atoms with Crippen molar-refractivity contribution in [1.29, 1.82) is 0 Å². The van der Waals surface area contributed by atoms with Crippen LogP contribution in [0, 0.1) is 12.8 Å². The van der Waals surface area contributed by atoms with Crippen molar-refractivity contribution in [2.45, 2.75) is 19.4 Å². The molecule has 0 N–H and O–H groups in total. The lowest BCUT2D eigenvalue weighted by atomic mass is 9.98. The van der Waals surface area contributed by atoms with Gasteiger partial charge in [-0.25, -0.2) is 9.97 Å². The molecule has 28 heavy (non-hydrogen) atoms. The molecule has 4 aromatic rings. The zero-order valence-electron chi connectivity index (χ0n) is 15.5. The van der Waals surface area contributed by atoms with Crippen molar-refractivity contribution in [2.24, 2.45) is 5.92 Å². The monoisotopic (exact) mass is 376 g/mol. The van der Waals surface area contributed by atoms with Crippen molar-refractivity contribution < 1.29 is 13.7 Å². The van der Waals surface area contributed by atoms with Crippen molar-refractivity contribution in [3.8, 4) is 23.0 Å². The molecule has 2 atom stereocenters. The number of aryl methyl sites for hydroxylation is 1. The predicted octanol–water partition coefficient (Wildman–Crippen LogP) is 3.93. The van der Waals surface area contributed by atoms with Gasteiger partial charge in [-0.15, -0.1) is 0 Å². The third-order valence-electron chi connectivity index (χ3n) is 5.08. The molecule has 1 aliphatic rings. The quantitative estimate of drug-likeness (QED) is 0.525. The summed E-state index contributed by atoms with van der Waals surface area (Å²) in [6, 6.07) is 12.0. The topological polar surface area (TPSA) is 79.1 Å². The van der Waals surface area contributed by atoms with E-state index in [1.807, 2.05) is 49.5 Å². The first-order chi connectivity index (χ1) is 13.8. The average Bonchev–Trinajstić information content (AvgIpc) is 3.49. The fourth-order valence-electron chi connectivity index (χ4n) is 3.73. The molecule has 142 valence electrons. The van der Waals surface area contributed by atoms with Crippen molar-refractivity contribution >= 4 is 0 Å². The standard InChI is InChI=1S/C21H20N4O3/c1-14-9-17(28-24-14)10-16-11-26-13-19(16)25-8-7-22-20(25)18-12-27-21(23-18)15-5-3-2-4-6-15/h2-9,12,16,19H,10-11,13H2,1H3/t16-,19+/m1/s1. The van der Waals surface area contributed by atoms with Crippen LogP contribution in [-0.2, 0) is 11.2 Å². The molecule has 4 heterocycles. The van der Waals surface area contributed by atoms with Crippen LogP contribution in [-0.4, -0.2) is 32.9 Å². The summed E-state index contributed by atoms with van der Waals surface area (Å²) < 4.78 is 19.0. The van der Waals surface area contributed by atoms with E-state index in [0.29, 0.717) is 24.8 Å². The van der Waals surface area contributed by atoms with E-state index in [-0.39, 0.29) is 12.0 Å². The number of imidazole rings is 1. The van der Waals surface area contributed by atoms with Gasteiger partial charge in [0.05, 0.1) is 24.9 Å². The van der Waals surface area contributed by atoms with Crippen LogP contribution in [0.3, 0.4) is 0 Å². The third kappa shape index (κ3) is 3.14. The number of oxazole rings is 1. The van der Waals surface area contributed by atoms with Crippen molar-refractivity contribution in [1.82, 2.24) is 19.7 Å². The summed E-state index contributed by atoms with van der Waals surface area (Å²) in [5.74, 6) is 2.52. The lowest BCUT2D eigenvalue weighted by molar-refractivity contribution is 0.180. The molecule has 0 unspecified atom stereocenters. The molecule has 7 heteroatoms. The van der Waals surface area contributed by atoms with Crippen LogP contribution in [0.4, 0.5) is 0 Å². The van der Waals surface area contributed by atoms with Gasteiger partial charge in [0.15, 0.2) is 5.82 Å². The summed E-state index contributed by atoms with van der Waals surface area (Å²) in [6.07, 6.45) is 6.20. The smallest absolute Gasteiger partial charge is 0.226 e. The van der Waals surface area contributed by atoms with E-state index < -0.39 is 0 Å². The molecule has 1 aliphatic heterocycles. The highest BCUT2D eigenvalue weighted by Crippen LogP contribution is 2.33. The van der Waals surface area contributed by atoms with Gasteiger partial charge in [-0.2, -0.15) is 0 Å². The Labute approximate surface area is 162 Å². The van der Waals surface area contributed by atoms with E-state index in [2.05, 4.69) is 19.7 Å². The SMILES string of the molecule is Cc1cc(C[C@@H]2COC[C@@H]2n2ccnc2-c2coc(-c3ccccc3)n2)on1. The first-order valence-electron chi connectivity index (χ1n) is 9.32. The Morgan fingerprint density at radius 2 is 2.07 bits per heavy atom. The largest absolute Gasteiger partial charge is 0.444 e. The molecule has 7 nitrogen and oxygen atoms in total. The summed E-state index contributed by atoms with van der Waals surface area (Å²) in [5, 5.41) is 3.99. The van der Waals surface area contributed by atoms with Gasteiger partial charge < -0.3 is 18.2 Å². The second-order valence-electron chi connectivity index (χ2n) is 7.07. The van der Waals surface area contributed by atoms with Crippen molar-refractivity contribution in [3.63, 3.8) is 0 Å². The van der Waals surface area contributed by atoms with E-state index in [0.717, 1.165) is 29.3 Å². The summed E-state index contributed by atoms with van der Waals surface area (Å²) >= 11 is 0. The predicted molar refractivity (Wildman–Crippen MR) is 101 cm³/mol. The molecule has 5 rings (SSSR count). The van der Waals surface area contributed by atoms with Crippen LogP contribution in [0.2, 0.25) is 0 Å². The highest BCUT2D eigenvalue weighted by Gasteiger charge is 2.32. The number of rotatable bonds is 5. The first kappa shape index (κ1) is 16.9. The van der Waals surface area contributed by atoms with Gasteiger partial charge in [0.2, 0.25) is 5.89 Å². The first-order valence-corrected chi connectivity index (χ1v) is 9.32. The van der Waals surface area contributed by atoms with Gasteiger partial charge in [-0.05, 0) is 19.1 Å². The number of ether oxygens (including phenoxy) is 1. The summed E-state index contributed by atoms with van der Waals surface area (Å²) in [4.78, 5) is 9.18. The van der Waals surface area contributed by atoms with E-state index >= 15 is 0 Å². The van der Waals surface area contributed by atoms with Crippen LogP contribution in [0.25, 0.3) is 23.0 Å². The Hall–Kier alpha value is -3.19. The lowest BCUT2D eigenvalue weighted by Crippen LogP contribution is -2.20. The van der Waals surface area contributed by atoms with E-state index in [9.17, 15) is 0 Å². The fraction of sp³-hybridized carbons (Fsp3) is 0.286. The van der Waals surface area contributed by atoms with Gasteiger partial charge in [0.1, 0.15) is 17.7 Å². The van der Waals surface area contributed by atoms with Crippen molar-refractivity contribution in [2.75, 3.05) is 13.2 Å². The van der Waals surface area contributed by atoms with E-state index in [1.54, 1.807) is 12.5 Å². The molecule has 0 radical (unpaired) electrons. The second-order valence-corrected chi connectivity index (χ2v) is 7.07. The van der Waals surface area contributed by atoms with Gasteiger partial charge in [-0.1, -0.05) is 23.4 Å². The Kier molecular flexibility index (Phi) is 4.29. The number of nitrogens with zero attached hydrogens (tertiary/aromatic N) is 4. The molecule has 1 saturated heterocycles. The zero-order chi connectivity index (χ0) is 18.9. The Balaban J connectivity index is 1.42. The molecular formula is C21H20N4O3.